The number of anilines is 1. The number of fused-ring (bicyclic) bond motifs is 1. The van der Waals surface area contributed by atoms with E-state index in [0.717, 1.165) is 21.0 Å². The predicted molar refractivity (Wildman–Crippen MR) is 110 cm³/mol. The monoisotopic (exact) mass is 400 g/mol. The number of para-hydroxylation sites is 1. The van der Waals surface area contributed by atoms with Gasteiger partial charge in [0.1, 0.15) is 0 Å². The van der Waals surface area contributed by atoms with Crippen LogP contribution in [-0.2, 0) is 20.7 Å². The van der Waals surface area contributed by atoms with Crippen molar-refractivity contribution in [1.82, 2.24) is 4.98 Å². The maximum atomic E-state index is 12.2. The highest BCUT2D eigenvalue weighted by molar-refractivity contribution is 8.01. The number of rotatable bonds is 7. The molecular formula is C20H20N2O3S2. The number of benzene rings is 2. The summed E-state index contributed by atoms with van der Waals surface area (Å²) in [5.41, 5.74) is 2.79. The average Bonchev–Trinajstić information content (AvgIpc) is 3.10. The van der Waals surface area contributed by atoms with Gasteiger partial charge in [-0.3, -0.25) is 9.59 Å². The van der Waals surface area contributed by atoms with Gasteiger partial charge < -0.3 is 10.1 Å². The maximum Gasteiger partial charge on any atom is 0.317 e. The Bertz CT molecular complexity index is 905. The highest BCUT2D eigenvalue weighted by Gasteiger charge is 2.18. The number of ether oxygens (including phenoxy) is 1. The van der Waals surface area contributed by atoms with Crippen molar-refractivity contribution in [3.8, 4) is 0 Å². The third kappa shape index (κ3) is 5.30. The normalized spacial score (nSPS) is 11.9. The summed E-state index contributed by atoms with van der Waals surface area (Å²) in [6.07, 6.45) is 0.0773. The molecule has 7 heteroatoms. The molecule has 0 aliphatic heterocycles. The van der Waals surface area contributed by atoms with Crippen molar-refractivity contribution in [3.05, 3.63) is 54.1 Å². The molecule has 3 aromatic rings. The van der Waals surface area contributed by atoms with Crippen LogP contribution in [0.1, 0.15) is 19.4 Å². The van der Waals surface area contributed by atoms with E-state index in [1.165, 1.54) is 28.7 Å². The fourth-order valence-corrected chi connectivity index (χ4v) is 4.24. The summed E-state index contributed by atoms with van der Waals surface area (Å²) in [4.78, 5) is 28.7. The average molecular weight is 401 g/mol. The molecule has 5 nitrogen and oxygen atoms in total. The molecule has 1 aromatic heterocycles. The van der Waals surface area contributed by atoms with Gasteiger partial charge in [0.05, 0.1) is 16.0 Å². The van der Waals surface area contributed by atoms with Crippen LogP contribution in [0.25, 0.3) is 10.2 Å². The molecule has 0 saturated heterocycles. The fraction of sp³-hybridized carbons (Fsp3) is 0.250. The number of carbonyl (C=O) groups is 2. The third-order valence-electron chi connectivity index (χ3n) is 3.89. The highest BCUT2D eigenvalue weighted by Crippen LogP contribution is 2.29. The lowest BCUT2D eigenvalue weighted by atomic mass is 10.1. The topological polar surface area (TPSA) is 68.3 Å². The Kier molecular flexibility index (Phi) is 6.47. The van der Waals surface area contributed by atoms with Crippen LogP contribution in [-0.4, -0.2) is 28.7 Å². The molecule has 1 amide bonds. The van der Waals surface area contributed by atoms with E-state index < -0.39 is 12.1 Å². The zero-order valence-corrected chi connectivity index (χ0v) is 16.7. The number of esters is 1. The van der Waals surface area contributed by atoms with Crippen molar-refractivity contribution in [2.45, 2.75) is 30.7 Å². The van der Waals surface area contributed by atoms with Crippen molar-refractivity contribution in [2.75, 3.05) is 11.1 Å². The number of hydrogen-bond acceptors (Lipinski definition) is 6. The molecule has 1 atom stereocenters. The Morgan fingerprint density at radius 1 is 1.19 bits per heavy atom. The van der Waals surface area contributed by atoms with Crippen LogP contribution in [0.15, 0.2) is 52.9 Å². The summed E-state index contributed by atoms with van der Waals surface area (Å²) in [6.45, 7) is 3.64. The number of nitrogens with one attached hydrogen (secondary N) is 1. The number of aryl methyl sites for hydroxylation is 1. The second-order valence-corrected chi connectivity index (χ2v) is 8.16. The van der Waals surface area contributed by atoms with Gasteiger partial charge >= 0.3 is 5.97 Å². The van der Waals surface area contributed by atoms with Gasteiger partial charge in [-0.2, -0.15) is 0 Å². The van der Waals surface area contributed by atoms with E-state index in [1.54, 1.807) is 6.92 Å². The first-order chi connectivity index (χ1) is 13.0. The summed E-state index contributed by atoms with van der Waals surface area (Å²) in [5, 5.41) is 2.76. The summed E-state index contributed by atoms with van der Waals surface area (Å²) < 4.78 is 7.12. The Hall–Kier alpha value is -2.38. The molecule has 2 aromatic carbocycles. The van der Waals surface area contributed by atoms with Crippen molar-refractivity contribution < 1.29 is 14.3 Å². The predicted octanol–water partition coefficient (Wildman–Crippen LogP) is 4.52. The largest absolute Gasteiger partial charge is 0.452 e. The second kappa shape index (κ2) is 9.01. The number of thioether (sulfide) groups is 1. The van der Waals surface area contributed by atoms with Gasteiger partial charge in [-0.05, 0) is 43.2 Å². The minimum atomic E-state index is -0.862. The van der Waals surface area contributed by atoms with E-state index in [0.29, 0.717) is 5.69 Å². The van der Waals surface area contributed by atoms with Crippen LogP contribution in [0.5, 0.6) is 0 Å². The molecule has 0 aliphatic rings. The lowest BCUT2D eigenvalue weighted by Crippen LogP contribution is -2.30. The molecule has 3 rings (SSSR count). The van der Waals surface area contributed by atoms with E-state index in [4.69, 9.17) is 4.74 Å². The first kappa shape index (κ1) is 19.4. The van der Waals surface area contributed by atoms with Crippen LogP contribution in [0, 0.1) is 0 Å². The van der Waals surface area contributed by atoms with Gasteiger partial charge in [0.15, 0.2) is 10.4 Å². The van der Waals surface area contributed by atoms with E-state index in [2.05, 4.69) is 17.2 Å². The van der Waals surface area contributed by atoms with Crippen LogP contribution < -0.4 is 5.32 Å². The van der Waals surface area contributed by atoms with E-state index in [-0.39, 0.29) is 11.7 Å². The number of aromatic nitrogens is 1. The number of nitrogens with zero attached hydrogens (tertiary/aromatic N) is 1. The minimum Gasteiger partial charge on any atom is -0.452 e. The van der Waals surface area contributed by atoms with Crippen molar-refractivity contribution >= 4 is 50.9 Å². The summed E-state index contributed by atoms with van der Waals surface area (Å²) >= 11 is 2.85. The number of amides is 1. The second-order valence-electron chi connectivity index (χ2n) is 5.91. The number of thiazole rings is 1. The molecule has 0 aliphatic carbocycles. The van der Waals surface area contributed by atoms with E-state index in [1.807, 2.05) is 48.5 Å². The Morgan fingerprint density at radius 3 is 2.63 bits per heavy atom. The fourth-order valence-electron chi connectivity index (χ4n) is 2.39. The van der Waals surface area contributed by atoms with Gasteiger partial charge in [-0.15, -0.1) is 11.3 Å². The lowest BCUT2D eigenvalue weighted by molar-refractivity contribution is -0.150. The quantitative estimate of drug-likeness (QED) is 0.466. The molecule has 0 fully saturated rings. The van der Waals surface area contributed by atoms with Gasteiger partial charge in [0, 0.05) is 5.69 Å². The molecule has 1 N–H and O–H groups in total. The molecule has 27 heavy (non-hydrogen) atoms. The smallest absolute Gasteiger partial charge is 0.317 e. The Balaban J connectivity index is 1.48. The summed E-state index contributed by atoms with van der Waals surface area (Å²) in [7, 11) is 0. The van der Waals surface area contributed by atoms with Crippen molar-refractivity contribution in [3.63, 3.8) is 0 Å². The van der Waals surface area contributed by atoms with Crippen LogP contribution >= 0.6 is 23.1 Å². The zero-order valence-electron chi connectivity index (χ0n) is 15.1. The molecule has 0 radical (unpaired) electrons. The maximum absolute atomic E-state index is 12.2. The van der Waals surface area contributed by atoms with E-state index >= 15 is 0 Å². The number of carbonyl (C=O) groups excluding carboxylic acids is 2. The first-order valence-electron chi connectivity index (χ1n) is 8.63. The van der Waals surface area contributed by atoms with E-state index in [9.17, 15) is 9.59 Å². The molecule has 0 spiro atoms. The standard InChI is InChI=1S/C20H20N2O3S2/c1-3-14-8-10-15(11-9-14)21-19(24)13(2)25-18(23)12-26-20-22-16-6-4-5-7-17(16)27-20/h4-11,13H,3,12H2,1-2H3,(H,21,24)/t13-/m0/s1. The van der Waals surface area contributed by atoms with Gasteiger partial charge in [0.2, 0.25) is 0 Å². The summed E-state index contributed by atoms with van der Waals surface area (Å²) in [6, 6.07) is 15.4. The van der Waals surface area contributed by atoms with Crippen molar-refractivity contribution in [2.24, 2.45) is 0 Å². The Morgan fingerprint density at radius 2 is 1.93 bits per heavy atom. The molecule has 0 bridgehead atoms. The molecular weight excluding hydrogens is 380 g/mol. The highest BCUT2D eigenvalue weighted by atomic mass is 32.2. The van der Waals surface area contributed by atoms with Gasteiger partial charge in [-0.25, -0.2) is 4.98 Å². The minimum absolute atomic E-state index is 0.114. The zero-order chi connectivity index (χ0) is 19.2. The third-order valence-corrected chi connectivity index (χ3v) is 6.05. The molecule has 0 unspecified atom stereocenters. The molecule has 140 valence electrons. The molecule has 1 heterocycles. The Labute approximate surface area is 166 Å². The number of hydrogen-bond donors (Lipinski definition) is 1. The SMILES string of the molecule is CCc1ccc(NC(=O)[C@H](C)OC(=O)CSc2nc3ccccc3s2)cc1. The van der Waals surface area contributed by atoms with Crippen LogP contribution in [0.2, 0.25) is 0 Å². The van der Waals surface area contributed by atoms with Gasteiger partial charge in [0.25, 0.3) is 5.91 Å². The lowest BCUT2D eigenvalue weighted by Gasteiger charge is -2.13. The van der Waals surface area contributed by atoms with Crippen LogP contribution in [0.3, 0.4) is 0 Å². The van der Waals surface area contributed by atoms with Crippen molar-refractivity contribution in [1.29, 1.82) is 0 Å². The first-order valence-corrected chi connectivity index (χ1v) is 10.4. The summed E-state index contributed by atoms with van der Waals surface area (Å²) in [5.74, 6) is -0.677. The van der Waals surface area contributed by atoms with Gasteiger partial charge in [-0.1, -0.05) is 43.0 Å². The molecule has 0 saturated carbocycles. The van der Waals surface area contributed by atoms with Crippen LogP contribution in [0.4, 0.5) is 5.69 Å².